The highest BCUT2D eigenvalue weighted by Gasteiger charge is 2.15. The van der Waals surface area contributed by atoms with Crippen LogP contribution in [-0.2, 0) is 0 Å². The van der Waals surface area contributed by atoms with Crippen molar-refractivity contribution in [3.05, 3.63) is 28.8 Å². The monoisotopic (exact) mass is 388 g/mol. The molecule has 1 aromatic carbocycles. The Kier molecular flexibility index (Phi) is 12.8. The molecule has 0 saturated heterocycles. The average molecular weight is 389 g/mol. The Morgan fingerprint density at radius 3 is 2.36 bits per heavy atom. The summed E-state index contributed by atoms with van der Waals surface area (Å²) in [5.41, 5.74) is 1.39. The minimum Gasteiger partial charge on any atom is -0.384 e. The van der Waals surface area contributed by atoms with E-state index in [1.807, 2.05) is 6.07 Å². The van der Waals surface area contributed by atoms with Gasteiger partial charge in [-0.05, 0) is 37.0 Å². The number of hydrogen-bond donors (Lipinski definition) is 2. The van der Waals surface area contributed by atoms with E-state index in [1.165, 1.54) is 44.9 Å². The van der Waals surface area contributed by atoms with Gasteiger partial charge in [-0.1, -0.05) is 58.6 Å². The van der Waals surface area contributed by atoms with Gasteiger partial charge in [-0.3, -0.25) is 4.79 Å². The molecule has 0 heterocycles. The molecule has 144 valence electrons. The fraction of sp³-hybridized carbons (Fsp3) is 0.650. The van der Waals surface area contributed by atoms with Crippen LogP contribution in [0.15, 0.2) is 18.2 Å². The van der Waals surface area contributed by atoms with Crippen LogP contribution in [0.5, 0.6) is 0 Å². The van der Waals surface area contributed by atoms with E-state index in [-0.39, 0.29) is 20.8 Å². The van der Waals surface area contributed by atoms with Gasteiger partial charge in [-0.2, -0.15) is 0 Å². The molecule has 1 aliphatic carbocycles. The molecule has 2 rings (SSSR count). The number of alkyl halides is 1. The second kappa shape index (κ2) is 13.3. The zero-order valence-corrected chi connectivity index (χ0v) is 15.1. The highest BCUT2D eigenvalue weighted by atomic mass is 35.5. The minimum atomic E-state index is -0.0911. The fourth-order valence-corrected chi connectivity index (χ4v) is 3.38. The Hall–Kier alpha value is -0.930. The van der Waals surface area contributed by atoms with E-state index in [9.17, 15) is 4.79 Å². The standard InChI is InChI=1S/C18H26Cl2N2O.2CH4/c19-10-11-21-15-8-9-17(20)16(12-15)18(23)22-13-14-6-4-2-1-3-5-7-14;;/h8-9,12,14,21H,1-7,10-11,13H2,(H,22,23);2*1H4. The summed E-state index contributed by atoms with van der Waals surface area (Å²) in [5, 5.41) is 6.71. The lowest BCUT2D eigenvalue weighted by Gasteiger charge is -2.20. The van der Waals surface area contributed by atoms with E-state index in [1.54, 1.807) is 12.1 Å². The third-order valence-electron chi connectivity index (χ3n) is 4.41. The SMILES string of the molecule is C.C.O=C(NCC1CCCCCCC1)c1cc(NCCCl)ccc1Cl. The molecule has 0 unspecified atom stereocenters. The zero-order valence-electron chi connectivity index (χ0n) is 13.5. The van der Waals surface area contributed by atoms with Crippen molar-refractivity contribution in [1.82, 2.24) is 5.32 Å². The summed E-state index contributed by atoms with van der Waals surface area (Å²) >= 11 is 11.9. The summed E-state index contributed by atoms with van der Waals surface area (Å²) < 4.78 is 0. The average Bonchev–Trinajstić information content (AvgIpc) is 2.52. The third kappa shape index (κ3) is 8.33. The van der Waals surface area contributed by atoms with Crippen LogP contribution in [0.2, 0.25) is 5.02 Å². The van der Waals surface area contributed by atoms with Crippen molar-refractivity contribution in [1.29, 1.82) is 0 Å². The highest BCUT2D eigenvalue weighted by Crippen LogP contribution is 2.23. The maximum atomic E-state index is 12.4. The number of hydrogen-bond acceptors (Lipinski definition) is 2. The van der Waals surface area contributed by atoms with Gasteiger partial charge in [-0.25, -0.2) is 0 Å². The number of rotatable bonds is 6. The zero-order chi connectivity index (χ0) is 16.5. The number of anilines is 1. The highest BCUT2D eigenvalue weighted by molar-refractivity contribution is 6.34. The molecule has 1 amide bonds. The predicted molar refractivity (Wildman–Crippen MR) is 112 cm³/mol. The van der Waals surface area contributed by atoms with Crippen LogP contribution in [0, 0.1) is 5.92 Å². The number of halogens is 2. The van der Waals surface area contributed by atoms with E-state index >= 15 is 0 Å². The van der Waals surface area contributed by atoms with Crippen molar-refractivity contribution in [2.75, 3.05) is 24.3 Å². The molecule has 0 radical (unpaired) electrons. The topological polar surface area (TPSA) is 41.1 Å². The van der Waals surface area contributed by atoms with Crippen LogP contribution in [0.25, 0.3) is 0 Å². The van der Waals surface area contributed by atoms with Gasteiger partial charge in [0, 0.05) is 24.7 Å². The van der Waals surface area contributed by atoms with Crippen LogP contribution in [0.3, 0.4) is 0 Å². The van der Waals surface area contributed by atoms with Crippen LogP contribution in [-0.4, -0.2) is 24.9 Å². The first kappa shape index (κ1) is 24.1. The van der Waals surface area contributed by atoms with Crippen molar-refractivity contribution in [3.63, 3.8) is 0 Å². The number of nitrogens with one attached hydrogen (secondary N) is 2. The van der Waals surface area contributed by atoms with Crippen LogP contribution >= 0.6 is 23.2 Å². The molecule has 3 nitrogen and oxygen atoms in total. The molecule has 1 aliphatic rings. The van der Waals surface area contributed by atoms with Gasteiger partial charge in [0.15, 0.2) is 0 Å². The second-order valence-electron chi connectivity index (χ2n) is 6.23. The first-order valence-corrected chi connectivity index (χ1v) is 9.49. The van der Waals surface area contributed by atoms with E-state index in [2.05, 4.69) is 10.6 Å². The van der Waals surface area contributed by atoms with Gasteiger partial charge >= 0.3 is 0 Å². The van der Waals surface area contributed by atoms with Gasteiger partial charge in [-0.15, -0.1) is 11.6 Å². The Balaban J connectivity index is 0.00000288. The molecule has 0 aromatic heterocycles. The minimum absolute atomic E-state index is 0. The van der Waals surface area contributed by atoms with Gasteiger partial charge in [0.05, 0.1) is 10.6 Å². The maximum Gasteiger partial charge on any atom is 0.252 e. The molecule has 5 heteroatoms. The predicted octanol–water partition coefficient (Wildman–Crippen LogP) is 6.35. The Morgan fingerprint density at radius 2 is 1.72 bits per heavy atom. The Bertz CT molecular complexity index is 500. The van der Waals surface area contributed by atoms with Crippen LogP contribution in [0.1, 0.15) is 70.2 Å². The first-order valence-electron chi connectivity index (χ1n) is 8.58. The van der Waals surface area contributed by atoms with Gasteiger partial charge in [0.25, 0.3) is 5.91 Å². The molecule has 2 N–H and O–H groups in total. The molecule has 0 aliphatic heterocycles. The van der Waals surface area contributed by atoms with Crippen molar-refractivity contribution >= 4 is 34.8 Å². The lowest BCUT2D eigenvalue weighted by Crippen LogP contribution is -2.30. The maximum absolute atomic E-state index is 12.4. The Morgan fingerprint density at radius 1 is 1.08 bits per heavy atom. The van der Waals surface area contributed by atoms with Crippen LogP contribution in [0.4, 0.5) is 5.69 Å². The quantitative estimate of drug-likeness (QED) is 0.557. The molecule has 1 saturated carbocycles. The molecule has 0 spiro atoms. The third-order valence-corrected chi connectivity index (χ3v) is 4.93. The lowest BCUT2D eigenvalue weighted by molar-refractivity contribution is 0.0945. The van der Waals surface area contributed by atoms with Crippen LogP contribution < -0.4 is 10.6 Å². The van der Waals surface area contributed by atoms with E-state index in [0.29, 0.717) is 28.9 Å². The number of amides is 1. The van der Waals surface area contributed by atoms with E-state index in [0.717, 1.165) is 12.2 Å². The molecule has 1 fully saturated rings. The van der Waals surface area contributed by atoms with Crippen molar-refractivity contribution in [2.45, 2.75) is 59.8 Å². The van der Waals surface area contributed by atoms with Crippen molar-refractivity contribution in [2.24, 2.45) is 5.92 Å². The number of benzene rings is 1. The molecule has 1 aromatic rings. The largest absolute Gasteiger partial charge is 0.384 e. The first-order chi connectivity index (χ1) is 11.2. The second-order valence-corrected chi connectivity index (χ2v) is 7.02. The summed E-state index contributed by atoms with van der Waals surface area (Å²) in [4.78, 5) is 12.4. The summed E-state index contributed by atoms with van der Waals surface area (Å²) in [7, 11) is 0. The molecular formula is C20H34Cl2N2O. The van der Waals surface area contributed by atoms with Gasteiger partial charge in [0.2, 0.25) is 0 Å². The van der Waals surface area contributed by atoms with Gasteiger partial charge < -0.3 is 10.6 Å². The smallest absolute Gasteiger partial charge is 0.252 e. The summed E-state index contributed by atoms with van der Waals surface area (Å²) in [6.07, 6.45) is 8.99. The normalized spacial score (nSPS) is 15.1. The summed E-state index contributed by atoms with van der Waals surface area (Å²) in [6.45, 7) is 1.40. The van der Waals surface area contributed by atoms with E-state index in [4.69, 9.17) is 23.2 Å². The van der Waals surface area contributed by atoms with E-state index < -0.39 is 0 Å². The molecule has 0 bridgehead atoms. The molecular weight excluding hydrogens is 355 g/mol. The number of carbonyl (C=O) groups is 1. The van der Waals surface area contributed by atoms with Gasteiger partial charge in [0.1, 0.15) is 0 Å². The fourth-order valence-electron chi connectivity index (χ4n) is 3.08. The number of carbonyl (C=O) groups excluding carboxylic acids is 1. The summed E-state index contributed by atoms with van der Waals surface area (Å²) in [5.74, 6) is 1.02. The lowest BCUT2D eigenvalue weighted by atomic mass is 9.91. The summed E-state index contributed by atoms with van der Waals surface area (Å²) in [6, 6.07) is 5.41. The Labute approximate surface area is 163 Å². The molecule has 25 heavy (non-hydrogen) atoms. The molecule has 0 atom stereocenters. The van der Waals surface area contributed by atoms with Crippen molar-refractivity contribution in [3.8, 4) is 0 Å². The van der Waals surface area contributed by atoms with Crippen molar-refractivity contribution < 1.29 is 4.79 Å².